The number of hydrogen-bond donors (Lipinski definition) is 2. The Morgan fingerprint density at radius 2 is 2.20 bits per heavy atom. The molecule has 1 atom stereocenters. The highest BCUT2D eigenvalue weighted by molar-refractivity contribution is 7.11. The van der Waals surface area contributed by atoms with Crippen molar-refractivity contribution < 1.29 is 4.79 Å². The molecule has 2 aromatic rings. The number of thiazole rings is 1. The molecule has 2 aromatic heterocycles. The van der Waals surface area contributed by atoms with Crippen LogP contribution in [0.15, 0.2) is 6.20 Å². The molecule has 0 aliphatic rings. The minimum atomic E-state index is -0.101. The Kier molecular flexibility index (Phi) is 4.08. The molecule has 2 heterocycles. The van der Waals surface area contributed by atoms with Crippen molar-refractivity contribution in [1.29, 1.82) is 0 Å². The highest BCUT2D eigenvalue weighted by atomic mass is 32.1. The van der Waals surface area contributed by atoms with Gasteiger partial charge in [-0.1, -0.05) is 0 Å². The average Bonchev–Trinajstić information content (AvgIpc) is 2.90. The van der Waals surface area contributed by atoms with Gasteiger partial charge in [-0.05, 0) is 27.7 Å². The van der Waals surface area contributed by atoms with E-state index in [1.54, 1.807) is 16.0 Å². The molecule has 0 aliphatic heterocycles. The van der Waals surface area contributed by atoms with E-state index in [1.807, 2.05) is 33.9 Å². The molecule has 0 saturated carbocycles. The smallest absolute Gasteiger partial charge is 0.242 e. The molecule has 1 unspecified atom stereocenters. The number of nitrogens with one attached hydrogen (secondary N) is 1. The summed E-state index contributed by atoms with van der Waals surface area (Å²) >= 11 is 1.59. The van der Waals surface area contributed by atoms with E-state index in [0.29, 0.717) is 5.69 Å². The van der Waals surface area contributed by atoms with Gasteiger partial charge in [-0.2, -0.15) is 5.10 Å². The lowest BCUT2D eigenvalue weighted by atomic mass is 10.3. The topological polar surface area (TPSA) is 85.8 Å². The normalized spacial score (nSPS) is 12.4. The van der Waals surface area contributed by atoms with E-state index >= 15 is 0 Å². The van der Waals surface area contributed by atoms with Gasteiger partial charge in [0.15, 0.2) is 0 Å². The third-order valence-electron chi connectivity index (χ3n) is 3.12. The van der Waals surface area contributed by atoms with Crippen LogP contribution in [0.3, 0.4) is 0 Å². The van der Waals surface area contributed by atoms with E-state index in [4.69, 9.17) is 5.73 Å². The Morgan fingerprint density at radius 3 is 2.70 bits per heavy atom. The number of nitrogens with zero attached hydrogens (tertiary/aromatic N) is 3. The number of anilines is 1. The fraction of sp³-hybridized carbons (Fsp3) is 0.462. The van der Waals surface area contributed by atoms with E-state index in [0.717, 1.165) is 21.3 Å². The zero-order chi connectivity index (χ0) is 14.9. The van der Waals surface area contributed by atoms with E-state index in [-0.39, 0.29) is 18.5 Å². The first-order chi connectivity index (χ1) is 9.38. The van der Waals surface area contributed by atoms with Crippen molar-refractivity contribution in [3.63, 3.8) is 0 Å². The monoisotopic (exact) mass is 293 g/mol. The first-order valence-electron chi connectivity index (χ1n) is 6.39. The molecule has 1 amide bonds. The Bertz CT molecular complexity index is 631. The van der Waals surface area contributed by atoms with Crippen molar-refractivity contribution in [1.82, 2.24) is 20.1 Å². The van der Waals surface area contributed by atoms with Crippen molar-refractivity contribution in [3.8, 4) is 0 Å². The molecule has 6 nitrogen and oxygen atoms in total. The molecule has 0 saturated heterocycles. The number of aryl methyl sites for hydroxylation is 2. The molecule has 0 bridgehead atoms. The predicted molar refractivity (Wildman–Crippen MR) is 79.5 cm³/mol. The maximum atomic E-state index is 12.0. The SMILES string of the molecule is Cc1cnc(C(C)NC(=O)Cn2nc(C)c(N)c2C)s1. The third-order valence-corrected chi connectivity index (χ3v) is 4.21. The lowest BCUT2D eigenvalue weighted by Gasteiger charge is -2.11. The number of rotatable bonds is 4. The van der Waals surface area contributed by atoms with Crippen LogP contribution in [0, 0.1) is 20.8 Å². The maximum Gasteiger partial charge on any atom is 0.242 e. The van der Waals surface area contributed by atoms with Gasteiger partial charge in [0.25, 0.3) is 0 Å². The van der Waals surface area contributed by atoms with Gasteiger partial charge in [0.1, 0.15) is 11.6 Å². The molecule has 0 aromatic carbocycles. The summed E-state index contributed by atoms with van der Waals surface area (Å²) < 4.78 is 1.62. The summed E-state index contributed by atoms with van der Waals surface area (Å²) in [4.78, 5) is 17.4. The van der Waals surface area contributed by atoms with E-state index in [9.17, 15) is 4.79 Å². The van der Waals surface area contributed by atoms with Crippen LogP contribution < -0.4 is 11.1 Å². The van der Waals surface area contributed by atoms with E-state index < -0.39 is 0 Å². The molecule has 7 heteroatoms. The quantitative estimate of drug-likeness (QED) is 0.899. The van der Waals surface area contributed by atoms with Crippen LogP contribution in [0.4, 0.5) is 5.69 Å². The summed E-state index contributed by atoms with van der Waals surface area (Å²) in [6, 6.07) is -0.101. The highest BCUT2D eigenvalue weighted by Crippen LogP contribution is 2.19. The van der Waals surface area contributed by atoms with Gasteiger partial charge in [0.05, 0.1) is 23.1 Å². The number of carbonyl (C=O) groups is 1. The second-order valence-corrected chi connectivity index (χ2v) is 6.11. The minimum Gasteiger partial charge on any atom is -0.396 e. The number of nitrogen functional groups attached to an aromatic ring is 1. The number of nitrogens with two attached hydrogens (primary N) is 1. The molecule has 2 rings (SSSR count). The number of hydrogen-bond acceptors (Lipinski definition) is 5. The van der Waals surface area contributed by atoms with E-state index in [2.05, 4.69) is 15.4 Å². The fourth-order valence-electron chi connectivity index (χ4n) is 1.92. The molecule has 0 radical (unpaired) electrons. The molecule has 20 heavy (non-hydrogen) atoms. The van der Waals surface area contributed by atoms with Gasteiger partial charge in [-0.25, -0.2) is 4.98 Å². The molecular formula is C13H19N5OS. The van der Waals surface area contributed by atoms with Crippen LogP contribution in [0.1, 0.15) is 34.2 Å². The van der Waals surface area contributed by atoms with Gasteiger partial charge in [-0.15, -0.1) is 11.3 Å². The van der Waals surface area contributed by atoms with Crippen molar-refractivity contribution in [3.05, 3.63) is 27.5 Å². The summed E-state index contributed by atoms with van der Waals surface area (Å²) in [5.41, 5.74) is 8.05. The van der Waals surface area contributed by atoms with Crippen LogP contribution in [0.2, 0.25) is 0 Å². The molecule has 0 aliphatic carbocycles. The van der Waals surface area contributed by atoms with Crippen LogP contribution in [-0.4, -0.2) is 20.7 Å². The first-order valence-corrected chi connectivity index (χ1v) is 7.21. The number of amides is 1. The van der Waals surface area contributed by atoms with Crippen LogP contribution in [0.5, 0.6) is 0 Å². The molecular weight excluding hydrogens is 274 g/mol. The minimum absolute atomic E-state index is 0.101. The zero-order valence-corrected chi connectivity index (χ0v) is 12.9. The Balaban J connectivity index is 2.00. The summed E-state index contributed by atoms with van der Waals surface area (Å²) in [6.45, 7) is 7.77. The Hall–Kier alpha value is -1.89. The average molecular weight is 293 g/mol. The predicted octanol–water partition coefficient (Wildman–Crippen LogP) is 1.72. The lowest BCUT2D eigenvalue weighted by Crippen LogP contribution is -2.30. The third kappa shape index (κ3) is 2.98. The number of aromatic nitrogens is 3. The summed E-state index contributed by atoms with van der Waals surface area (Å²) in [5, 5.41) is 8.08. The lowest BCUT2D eigenvalue weighted by molar-refractivity contribution is -0.122. The second kappa shape index (κ2) is 5.62. The second-order valence-electron chi connectivity index (χ2n) is 4.84. The summed E-state index contributed by atoms with van der Waals surface area (Å²) in [5.74, 6) is -0.101. The Morgan fingerprint density at radius 1 is 1.50 bits per heavy atom. The van der Waals surface area contributed by atoms with Crippen molar-refractivity contribution in [2.75, 3.05) is 5.73 Å². The maximum absolute atomic E-state index is 12.0. The van der Waals surface area contributed by atoms with Crippen LogP contribution >= 0.6 is 11.3 Å². The van der Waals surface area contributed by atoms with Gasteiger partial charge in [0.2, 0.25) is 5.91 Å². The highest BCUT2D eigenvalue weighted by Gasteiger charge is 2.15. The molecule has 3 N–H and O–H groups in total. The first kappa shape index (κ1) is 14.5. The van der Waals surface area contributed by atoms with Gasteiger partial charge >= 0.3 is 0 Å². The number of carbonyl (C=O) groups excluding carboxylic acids is 1. The van der Waals surface area contributed by atoms with Gasteiger partial charge < -0.3 is 11.1 Å². The van der Waals surface area contributed by atoms with Crippen molar-refractivity contribution in [2.24, 2.45) is 0 Å². The molecule has 0 spiro atoms. The van der Waals surface area contributed by atoms with Gasteiger partial charge in [0, 0.05) is 11.1 Å². The fourth-order valence-corrected chi connectivity index (χ4v) is 2.70. The standard InChI is InChI=1S/C13H19N5OS/c1-7-5-15-13(20-7)9(3)16-11(19)6-18-10(4)12(14)8(2)17-18/h5,9H,6,14H2,1-4H3,(H,16,19). The summed E-state index contributed by atoms with van der Waals surface area (Å²) in [7, 11) is 0. The van der Waals surface area contributed by atoms with Crippen molar-refractivity contribution in [2.45, 2.75) is 40.3 Å². The largest absolute Gasteiger partial charge is 0.396 e. The Labute approximate surface area is 122 Å². The van der Waals surface area contributed by atoms with Crippen LogP contribution in [0.25, 0.3) is 0 Å². The van der Waals surface area contributed by atoms with Gasteiger partial charge in [-0.3, -0.25) is 9.48 Å². The summed E-state index contributed by atoms with van der Waals surface area (Å²) in [6.07, 6.45) is 1.81. The molecule has 0 fully saturated rings. The van der Waals surface area contributed by atoms with Crippen molar-refractivity contribution >= 4 is 22.9 Å². The molecule has 108 valence electrons. The van der Waals surface area contributed by atoms with Crippen LogP contribution in [-0.2, 0) is 11.3 Å². The van der Waals surface area contributed by atoms with E-state index in [1.165, 1.54) is 0 Å². The zero-order valence-electron chi connectivity index (χ0n) is 12.1.